The van der Waals surface area contributed by atoms with Crippen LogP contribution in [0, 0.1) is 5.92 Å². The first-order valence-electron chi connectivity index (χ1n) is 7.46. The van der Waals surface area contributed by atoms with Crippen LogP contribution in [0.15, 0.2) is 24.3 Å². The van der Waals surface area contributed by atoms with Crippen LogP contribution in [0.4, 0.5) is 0 Å². The molecule has 3 N–H and O–H groups in total. The molecule has 5 nitrogen and oxygen atoms in total. The van der Waals surface area contributed by atoms with Crippen molar-refractivity contribution in [3.8, 4) is 5.75 Å². The highest BCUT2D eigenvalue weighted by Crippen LogP contribution is 2.18. The largest absolute Gasteiger partial charge is 0.493 e. The van der Waals surface area contributed by atoms with E-state index in [0.29, 0.717) is 32.0 Å². The minimum absolute atomic E-state index is 0.0785. The van der Waals surface area contributed by atoms with E-state index in [2.05, 4.69) is 24.5 Å². The molecule has 1 aliphatic heterocycles. The van der Waals surface area contributed by atoms with Crippen molar-refractivity contribution in [2.75, 3.05) is 13.2 Å². The van der Waals surface area contributed by atoms with Gasteiger partial charge in [-0.05, 0) is 18.4 Å². The number of benzene rings is 1. The number of nitrogens with one attached hydrogen (secondary N) is 2. The van der Waals surface area contributed by atoms with Gasteiger partial charge >= 0.3 is 0 Å². The van der Waals surface area contributed by atoms with Gasteiger partial charge in [0.2, 0.25) is 5.91 Å². The molecule has 0 aromatic heterocycles. The highest BCUT2D eigenvalue weighted by molar-refractivity contribution is 5.82. The molecular formula is C16H24N2O3. The number of aliphatic hydroxyl groups is 1. The van der Waals surface area contributed by atoms with Gasteiger partial charge in [0.05, 0.1) is 18.8 Å². The maximum absolute atomic E-state index is 12.0. The fourth-order valence-electron chi connectivity index (χ4n) is 2.27. The van der Waals surface area contributed by atoms with Gasteiger partial charge < -0.3 is 20.5 Å². The number of amides is 1. The summed E-state index contributed by atoms with van der Waals surface area (Å²) in [6.07, 6.45) is 0.0413. The van der Waals surface area contributed by atoms with Crippen molar-refractivity contribution in [2.24, 2.45) is 5.92 Å². The summed E-state index contributed by atoms with van der Waals surface area (Å²) in [4.78, 5) is 12.0. The van der Waals surface area contributed by atoms with Gasteiger partial charge in [-0.15, -0.1) is 0 Å². The SMILES string of the molecule is CC(C)COc1ccccc1CNC(=O)[C@@H]1C[C@@H](O)CN1. The Morgan fingerprint density at radius 2 is 2.24 bits per heavy atom. The summed E-state index contributed by atoms with van der Waals surface area (Å²) >= 11 is 0. The summed E-state index contributed by atoms with van der Waals surface area (Å²) in [7, 11) is 0. The molecule has 2 atom stereocenters. The zero-order chi connectivity index (χ0) is 15.2. The van der Waals surface area contributed by atoms with Crippen LogP contribution in [-0.2, 0) is 11.3 Å². The van der Waals surface area contributed by atoms with E-state index < -0.39 is 6.10 Å². The van der Waals surface area contributed by atoms with E-state index in [-0.39, 0.29) is 11.9 Å². The van der Waals surface area contributed by atoms with Gasteiger partial charge in [0.15, 0.2) is 0 Å². The second-order valence-electron chi connectivity index (χ2n) is 5.88. The molecule has 116 valence electrons. The predicted molar refractivity (Wildman–Crippen MR) is 81.0 cm³/mol. The van der Waals surface area contributed by atoms with Crippen molar-refractivity contribution in [3.05, 3.63) is 29.8 Å². The number of ether oxygens (including phenoxy) is 1. The van der Waals surface area contributed by atoms with E-state index in [1.165, 1.54) is 0 Å². The summed E-state index contributed by atoms with van der Waals surface area (Å²) in [5.41, 5.74) is 0.963. The van der Waals surface area contributed by atoms with Crippen LogP contribution in [-0.4, -0.2) is 36.3 Å². The predicted octanol–water partition coefficient (Wildman–Crippen LogP) is 1.06. The van der Waals surface area contributed by atoms with Crippen LogP contribution in [0.25, 0.3) is 0 Å². The summed E-state index contributed by atoms with van der Waals surface area (Å²) < 4.78 is 5.77. The van der Waals surface area contributed by atoms with Gasteiger partial charge in [-0.3, -0.25) is 4.79 Å². The van der Waals surface area contributed by atoms with Crippen LogP contribution in [0.2, 0.25) is 0 Å². The fraction of sp³-hybridized carbons (Fsp3) is 0.562. The molecule has 2 rings (SSSR count). The van der Waals surface area contributed by atoms with Crippen LogP contribution in [0.3, 0.4) is 0 Å². The number of carbonyl (C=O) groups is 1. The third kappa shape index (κ3) is 4.72. The van der Waals surface area contributed by atoms with E-state index in [4.69, 9.17) is 4.74 Å². The molecule has 21 heavy (non-hydrogen) atoms. The average Bonchev–Trinajstić information content (AvgIpc) is 2.90. The van der Waals surface area contributed by atoms with Gasteiger partial charge in [-0.25, -0.2) is 0 Å². The molecule has 0 spiro atoms. The Morgan fingerprint density at radius 1 is 1.48 bits per heavy atom. The highest BCUT2D eigenvalue weighted by atomic mass is 16.5. The monoisotopic (exact) mass is 292 g/mol. The van der Waals surface area contributed by atoms with E-state index in [1.807, 2.05) is 24.3 Å². The maximum atomic E-state index is 12.0. The number of hydrogen-bond acceptors (Lipinski definition) is 4. The van der Waals surface area contributed by atoms with Crippen LogP contribution in [0.5, 0.6) is 5.75 Å². The maximum Gasteiger partial charge on any atom is 0.237 e. The minimum atomic E-state index is -0.428. The van der Waals surface area contributed by atoms with Crippen molar-refractivity contribution >= 4 is 5.91 Å². The zero-order valence-corrected chi connectivity index (χ0v) is 12.6. The Kier molecular flexibility index (Phi) is 5.59. The second kappa shape index (κ2) is 7.43. The first kappa shape index (κ1) is 15.8. The number of carbonyl (C=O) groups excluding carboxylic acids is 1. The van der Waals surface area contributed by atoms with Crippen molar-refractivity contribution in [3.63, 3.8) is 0 Å². The smallest absolute Gasteiger partial charge is 0.237 e. The third-order valence-electron chi connectivity index (χ3n) is 3.42. The molecular weight excluding hydrogens is 268 g/mol. The molecule has 0 radical (unpaired) electrons. The number of aliphatic hydroxyl groups excluding tert-OH is 1. The first-order chi connectivity index (χ1) is 10.1. The molecule has 1 amide bonds. The van der Waals surface area contributed by atoms with Crippen molar-refractivity contribution in [2.45, 2.75) is 39.0 Å². The van der Waals surface area contributed by atoms with Gasteiger partial charge in [0, 0.05) is 18.7 Å². The number of β-amino-alcohol motifs (C(OH)–C–C–N with tert-alkyl or cyclic N) is 1. The standard InChI is InChI=1S/C16H24N2O3/c1-11(2)10-21-15-6-4-3-5-12(15)8-18-16(20)14-7-13(19)9-17-14/h3-6,11,13-14,17,19H,7-10H2,1-2H3,(H,18,20)/t13-,14+/m1/s1. The molecule has 5 heteroatoms. The molecule has 1 saturated heterocycles. The first-order valence-corrected chi connectivity index (χ1v) is 7.46. The molecule has 1 aromatic carbocycles. The van der Waals surface area contributed by atoms with Crippen LogP contribution >= 0.6 is 0 Å². The summed E-state index contributed by atoms with van der Waals surface area (Å²) in [6, 6.07) is 7.43. The second-order valence-corrected chi connectivity index (χ2v) is 5.88. The average molecular weight is 292 g/mol. The van der Waals surface area contributed by atoms with Gasteiger partial charge in [-0.1, -0.05) is 32.0 Å². The van der Waals surface area contributed by atoms with Crippen LogP contribution < -0.4 is 15.4 Å². The summed E-state index contributed by atoms with van der Waals surface area (Å²) in [6.45, 7) is 5.76. The molecule has 0 saturated carbocycles. The van der Waals surface area contributed by atoms with E-state index in [0.717, 1.165) is 11.3 Å². The van der Waals surface area contributed by atoms with Crippen molar-refractivity contribution in [1.82, 2.24) is 10.6 Å². The molecule has 1 aliphatic rings. The lowest BCUT2D eigenvalue weighted by atomic mass is 10.1. The molecule has 1 heterocycles. The molecule has 0 unspecified atom stereocenters. The van der Waals surface area contributed by atoms with E-state index in [1.54, 1.807) is 0 Å². The lowest BCUT2D eigenvalue weighted by molar-refractivity contribution is -0.123. The minimum Gasteiger partial charge on any atom is -0.493 e. The topological polar surface area (TPSA) is 70.6 Å². The lowest BCUT2D eigenvalue weighted by Crippen LogP contribution is -2.40. The quantitative estimate of drug-likeness (QED) is 0.733. The molecule has 0 bridgehead atoms. The van der Waals surface area contributed by atoms with E-state index >= 15 is 0 Å². The number of hydrogen-bond donors (Lipinski definition) is 3. The Hall–Kier alpha value is -1.59. The number of para-hydroxylation sites is 1. The molecule has 1 aromatic rings. The van der Waals surface area contributed by atoms with Crippen molar-refractivity contribution in [1.29, 1.82) is 0 Å². The molecule has 1 fully saturated rings. The highest BCUT2D eigenvalue weighted by Gasteiger charge is 2.27. The lowest BCUT2D eigenvalue weighted by Gasteiger charge is -2.15. The molecule has 0 aliphatic carbocycles. The van der Waals surface area contributed by atoms with Gasteiger partial charge in [-0.2, -0.15) is 0 Å². The Morgan fingerprint density at radius 3 is 2.90 bits per heavy atom. The Balaban J connectivity index is 1.89. The third-order valence-corrected chi connectivity index (χ3v) is 3.42. The van der Waals surface area contributed by atoms with E-state index in [9.17, 15) is 9.90 Å². The summed E-state index contributed by atoms with van der Waals surface area (Å²) in [5.74, 6) is 1.19. The number of rotatable bonds is 6. The van der Waals surface area contributed by atoms with Gasteiger partial charge in [0.25, 0.3) is 0 Å². The zero-order valence-electron chi connectivity index (χ0n) is 12.6. The van der Waals surface area contributed by atoms with Gasteiger partial charge in [0.1, 0.15) is 5.75 Å². The fourth-order valence-corrected chi connectivity index (χ4v) is 2.27. The Bertz CT molecular complexity index is 476. The van der Waals surface area contributed by atoms with Crippen LogP contribution in [0.1, 0.15) is 25.8 Å². The summed E-state index contributed by atoms with van der Waals surface area (Å²) in [5, 5.41) is 15.3. The normalized spacial score (nSPS) is 21.5. The van der Waals surface area contributed by atoms with Crippen molar-refractivity contribution < 1.29 is 14.6 Å². The Labute approximate surface area is 125 Å².